The van der Waals surface area contributed by atoms with Gasteiger partial charge in [0.05, 0.1) is 27.7 Å². The second-order valence-electron chi connectivity index (χ2n) is 5.89. The summed E-state index contributed by atoms with van der Waals surface area (Å²) >= 11 is 1.17. The molecule has 7 nitrogen and oxygen atoms in total. The zero-order valence-electron chi connectivity index (χ0n) is 14.9. The number of carbonyl (C=O) groups is 1. The van der Waals surface area contributed by atoms with E-state index in [2.05, 4.69) is 9.71 Å². The number of carboxylic acid groups (broad SMARTS) is 1. The fourth-order valence-electron chi connectivity index (χ4n) is 2.60. The summed E-state index contributed by atoms with van der Waals surface area (Å²) in [6, 6.07) is 7.79. The number of ether oxygens (including phenoxy) is 1. The number of anilines is 1. The standard InChI is InChI=1S/C18H18N2O5S2/c1-4-25-13-5-6-14-15(9-13)26-18(19-14)20-27(23,24)16-8-12(17(21)22)7-10(2)11(16)3/h5-9H,4H2,1-3H3,(H,19,20)(H,21,22)/p-1. The van der Waals surface area contributed by atoms with Crippen LogP contribution in [0.4, 0.5) is 5.13 Å². The monoisotopic (exact) mass is 405 g/mol. The summed E-state index contributed by atoms with van der Waals surface area (Å²) in [5.41, 5.74) is 1.46. The lowest BCUT2D eigenvalue weighted by molar-refractivity contribution is -0.255. The zero-order chi connectivity index (χ0) is 19.8. The molecule has 3 aromatic rings. The van der Waals surface area contributed by atoms with Gasteiger partial charge in [-0.3, -0.25) is 4.72 Å². The summed E-state index contributed by atoms with van der Waals surface area (Å²) in [6.45, 7) is 5.67. The van der Waals surface area contributed by atoms with Crippen molar-refractivity contribution in [1.82, 2.24) is 4.98 Å². The minimum absolute atomic E-state index is 0.115. The molecule has 1 heterocycles. The number of fused-ring (bicyclic) bond motifs is 1. The first-order chi connectivity index (χ1) is 12.7. The largest absolute Gasteiger partial charge is 0.545 e. The molecule has 0 saturated carbocycles. The van der Waals surface area contributed by atoms with Crippen LogP contribution in [-0.2, 0) is 10.0 Å². The number of aryl methyl sites for hydroxylation is 1. The first-order valence-electron chi connectivity index (χ1n) is 8.10. The van der Waals surface area contributed by atoms with Crippen LogP contribution in [0.25, 0.3) is 10.2 Å². The quantitative estimate of drug-likeness (QED) is 0.675. The molecule has 27 heavy (non-hydrogen) atoms. The Hall–Kier alpha value is -2.65. The van der Waals surface area contributed by atoms with Crippen LogP contribution in [-0.4, -0.2) is 26.0 Å². The molecule has 0 fully saturated rings. The third-order valence-corrected chi connectivity index (χ3v) is 6.57. The van der Waals surface area contributed by atoms with E-state index in [1.54, 1.807) is 32.0 Å². The Morgan fingerprint density at radius 1 is 1.26 bits per heavy atom. The van der Waals surface area contributed by atoms with Crippen LogP contribution >= 0.6 is 11.3 Å². The molecule has 0 spiro atoms. The van der Waals surface area contributed by atoms with E-state index < -0.39 is 16.0 Å². The van der Waals surface area contributed by atoms with E-state index in [4.69, 9.17) is 4.74 Å². The topological polar surface area (TPSA) is 108 Å². The van der Waals surface area contributed by atoms with Gasteiger partial charge in [0, 0.05) is 0 Å². The molecule has 2 aromatic carbocycles. The highest BCUT2D eigenvalue weighted by Crippen LogP contribution is 2.31. The molecule has 0 unspecified atom stereocenters. The van der Waals surface area contributed by atoms with Crippen molar-refractivity contribution in [2.24, 2.45) is 0 Å². The summed E-state index contributed by atoms with van der Waals surface area (Å²) in [7, 11) is -4.01. The number of thiazole rings is 1. The number of sulfonamides is 1. The number of benzene rings is 2. The number of aromatic nitrogens is 1. The number of aromatic carboxylic acids is 1. The Bertz CT molecular complexity index is 1140. The summed E-state index contributed by atoms with van der Waals surface area (Å²) in [5.74, 6) is -0.755. The number of hydrogen-bond donors (Lipinski definition) is 1. The minimum atomic E-state index is -4.01. The number of nitrogens with one attached hydrogen (secondary N) is 1. The van der Waals surface area contributed by atoms with Crippen molar-refractivity contribution in [3.8, 4) is 5.75 Å². The van der Waals surface area contributed by atoms with Gasteiger partial charge in [-0.25, -0.2) is 13.4 Å². The van der Waals surface area contributed by atoms with Gasteiger partial charge in [-0.05, 0) is 67.8 Å². The van der Waals surface area contributed by atoms with Crippen LogP contribution in [0.3, 0.4) is 0 Å². The van der Waals surface area contributed by atoms with E-state index in [9.17, 15) is 18.3 Å². The van der Waals surface area contributed by atoms with Crippen LogP contribution in [0, 0.1) is 13.8 Å². The van der Waals surface area contributed by atoms with Gasteiger partial charge in [-0.2, -0.15) is 0 Å². The highest BCUT2D eigenvalue weighted by Gasteiger charge is 2.21. The van der Waals surface area contributed by atoms with Gasteiger partial charge in [0.2, 0.25) is 0 Å². The maximum atomic E-state index is 12.8. The smallest absolute Gasteiger partial charge is 0.263 e. The molecule has 0 amide bonds. The number of rotatable bonds is 6. The van der Waals surface area contributed by atoms with Gasteiger partial charge in [-0.1, -0.05) is 11.3 Å². The SMILES string of the molecule is CCOc1ccc2nc(NS(=O)(=O)c3cc(C(=O)[O-])cc(C)c3C)sc2c1. The second kappa shape index (κ2) is 7.16. The molecule has 0 bridgehead atoms. The maximum absolute atomic E-state index is 12.8. The molecule has 3 rings (SSSR count). The average Bonchev–Trinajstić information content (AvgIpc) is 2.97. The van der Waals surface area contributed by atoms with Gasteiger partial charge in [-0.15, -0.1) is 0 Å². The normalized spacial score (nSPS) is 11.5. The van der Waals surface area contributed by atoms with Crippen molar-refractivity contribution in [1.29, 1.82) is 0 Å². The van der Waals surface area contributed by atoms with E-state index in [0.29, 0.717) is 29.0 Å². The van der Waals surface area contributed by atoms with Gasteiger partial charge < -0.3 is 14.6 Å². The molecule has 0 aliphatic carbocycles. The first-order valence-corrected chi connectivity index (χ1v) is 10.4. The number of carboxylic acids is 1. The number of carbonyl (C=O) groups excluding carboxylic acids is 1. The van der Waals surface area contributed by atoms with Crippen molar-refractivity contribution in [2.45, 2.75) is 25.7 Å². The van der Waals surface area contributed by atoms with E-state index >= 15 is 0 Å². The summed E-state index contributed by atoms with van der Waals surface area (Å²) in [4.78, 5) is 15.3. The van der Waals surface area contributed by atoms with Crippen LogP contribution in [0.2, 0.25) is 0 Å². The van der Waals surface area contributed by atoms with E-state index in [0.717, 1.165) is 10.8 Å². The lowest BCUT2D eigenvalue weighted by Crippen LogP contribution is -2.23. The Labute approximate surface area is 160 Å². The van der Waals surface area contributed by atoms with Crippen LogP contribution < -0.4 is 14.6 Å². The summed E-state index contributed by atoms with van der Waals surface area (Å²) in [6.07, 6.45) is 0. The lowest BCUT2D eigenvalue weighted by Gasteiger charge is -2.13. The predicted molar refractivity (Wildman–Crippen MR) is 102 cm³/mol. The third kappa shape index (κ3) is 3.88. The van der Waals surface area contributed by atoms with Crippen molar-refractivity contribution in [3.63, 3.8) is 0 Å². The van der Waals surface area contributed by atoms with Crippen molar-refractivity contribution in [2.75, 3.05) is 11.3 Å². The second-order valence-corrected chi connectivity index (χ2v) is 8.57. The van der Waals surface area contributed by atoms with Crippen LogP contribution in [0.15, 0.2) is 35.2 Å². The molecule has 0 saturated heterocycles. The maximum Gasteiger partial charge on any atom is 0.263 e. The zero-order valence-corrected chi connectivity index (χ0v) is 16.5. The van der Waals surface area contributed by atoms with E-state index in [-0.39, 0.29) is 15.6 Å². The first kappa shape index (κ1) is 19.1. The minimum Gasteiger partial charge on any atom is -0.545 e. The van der Waals surface area contributed by atoms with Crippen molar-refractivity contribution in [3.05, 3.63) is 47.0 Å². The van der Waals surface area contributed by atoms with Crippen LogP contribution in [0.1, 0.15) is 28.4 Å². The molecular formula is C18H17N2O5S2-. The molecule has 9 heteroatoms. The van der Waals surface area contributed by atoms with Gasteiger partial charge >= 0.3 is 0 Å². The Kier molecular flexibility index (Phi) is 5.07. The van der Waals surface area contributed by atoms with Crippen LogP contribution in [0.5, 0.6) is 5.75 Å². The Morgan fingerprint density at radius 3 is 2.67 bits per heavy atom. The van der Waals surface area contributed by atoms with E-state index in [1.165, 1.54) is 17.4 Å². The predicted octanol–water partition coefficient (Wildman–Crippen LogP) is 2.48. The Balaban J connectivity index is 1.99. The molecule has 0 aliphatic heterocycles. The van der Waals surface area contributed by atoms with E-state index in [1.807, 2.05) is 6.92 Å². The molecule has 0 atom stereocenters. The fraction of sp³-hybridized carbons (Fsp3) is 0.222. The summed E-state index contributed by atoms with van der Waals surface area (Å²) < 4.78 is 34.3. The summed E-state index contributed by atoms with van der Waals surface area (Å²) in [5, 5.41) is 11.3. The van der Waals surface area contributed by atoms with Crippen molar-refractivity contribution < 1.29 is 23.1 Å². The van der Waals surface area contributed by atoms with Gasteiger partial charge in [0.25, 0.3) is 10.0 Å². The Morgan fingerprint density at radius 2 is 2.00 bits per heavy atom. The van der Waals surface area contributed by atoms with Gasteiger partial charge in [0.15, 0.2) is 5.13 Å². The highest BCUT2D eigenvalue weighted by molar-refractivity contribution is 7.93. The molecule has 0 aliphatic rings. The highest BCUT2D eigenvalue weighted by atomic mass is 32.2. The van der Waals surface area contributed by atoms with Crippen molar-refractivity contribution >= 4 is 42.7 Å². The average molecular weight is 405 g/mol. The lowest BCUT2D eigenvalue weighted by atomic mass is 10.1. The molecule has 1 N–H and O–H groups in total. The fourth-order valence-corrected chi connectivity index (χ4v) is 5.07. The molecule has 0 radical (unpaired) electrons. The number of hydrogen-bond acceptors (Lipinski definition) is 7. The molecule has 142 valence electrons. The van der Waals surface area contributed by atoms with Gasteiger partial charge in [0.1, 0.15) is 5.75 Å². The molecule has 1 aromatic heterocycles. The number of nitrogens with zero attached hydrogens (tertiary/aromatic N) is 1. The third-order valence-electron chi connectivity index (χ3n) is 4.04. The molecular weight excluding hydrogens is 388 g/mol.